The number of carbonyl (C=O) groups is 1. The molecule has 4 nitrogen and oxygen atoms in total. The predicted molar refractivity (Wildman–Crippen MR) is 67.0 cm³/mol. The lowest BCUT2D eigenvalue weighted by Crippen LogP contribution is -2.10. The zero-order valence-electron chi connectivity index (χ0n) is 8.76. The van der Waals surface area contributed by atoms with Crippen LogP contribution in [-0.2, 0) is 0 Å². The molecule has 0 bridgehead atoms. The molecule has 1 aromatic carbocycles. The molecule has 86 valence electrons. The van der Waals surface area contributed by atoms with Crippen LogP contribution >= 0.6 is 15.9 Å². The first-order chi connectivity index (χ1) is 8.16. The van der Waals surface area contributed by atoms with Crippen molar-refractivity contribution in [2.24, 2.45) is 5.73 Å². The third-order valence-electron chi connectivity index (χ3n) is 2.06. The van der Waals surface area contributed by atoms with Gasteiger partial charge in [0, 0.05) is 11.8 Å². The van der Waals surface area contributed by atoms with Crippen LogP contribution in [0.3, 0.4) is 0 Å². The first-order valence-electron chi connectivity index (χ1n) is 4.85. The summed E-state index contributed by atoms with van der Waals surface area (Å²) in [4.78, 5) is 15.1. The molecule has 0 radical (unpaired) electrons. The highest BCUT2D eigenvalue weighted by Gasteiger charge is 2.05. The lowest BCUT2D eigenvalue weighted by molar-refractivity contribution is 0.1000. The smallest absolute Gasteiger partial charge is 0.248 e. The fourth-order valence-corrected chi connectivity index (χ4v) is 1.61. The van der Waals surface area contributed by atoms with E-state index in [2.05, 4.69) is 20.9 Å². The van der Waals surface area contributed by atoms with Gasteiger partial charge in [-0.3, -0.25) is 4.79 Å². The van der Waals surface area contributed by atoms with Crippen LogP contribution in [0.15, 0.2) is 47.1 Å². The Morgan fingerprint density at radius 3 is 2.82 bits per heavy atom. The number of aromatic nitrogens is 1. The van der Waals surface area contributed by atoms with E-state index in [1.54, 1.807) is 36.5 Å². The first kappa shape index (κ1) is 11.6. The molecule has 0 saturated carbocycles. The van der Waals surface area contributed by atoms with Crippen LogP contribution in [0.4, 0.5) is 0 Å². The molecule has 0 spiro atoms. The number of amides is 1. The molecule has 0 saturated heterocycles. The SMILES string of the molecule is NC(=O)c1cccc(Oc2ncccc2Br)c1. The largest absolute Gasteiger partial charge is 0.438 e. The standard InChI is InChI=1S/C12H9BrN2O2/c13-10-5-2-6-15-12(10)17-9-4-1-3-8(7-9)11(14)16/h1-7H,(H2,14,16). The normalized spacial score (nSPS) is 9.94. The second-order valence-electron chi connectivity index (χ2n) is 3.28. The number of halogens is 1. The fraction of sp³-hybridized carbons (Fsp3) is 0. The van der Waals surface area contributed by atoms with Gasteiger partial charge in [0.2, 0.25) is 11.8 Å². The molecule has 0 atom stereocenters. The third kappa shape index (κ3) is 2.82. The summed E-state index contributed by atoms with van der Waals surface area (Å²) in [6.45, 7) is 0. The average molecular weight is 293 g/mol. The Morgan fingerprint density at radius 2 is 2.12 bits per heavy atom. The summed E-state index contributed by atoms with van der Waals surface area (Å²) in [6, 6.07) is 10.2. The molecule has 0 aliphatic rings. The Morgan fingerprint density at radius 1 is 1.29 bits per heavy atom. The molecule has 1 amide bonds. The van der Waals surface area contributed by atoms with Gasteiger partial charge in [-0.25, -0.2) is 4.98 Å². The highest BCUT2D eigenvalue weighted by molar-refractivity contribution is 9.10. The van der Waals surface area contributed by atoms with E-state index in [4.69, 9.17) is 10.5 Å². The van der Waals surface area contributed by atoms with Crippen LogP contribution in [-0.4, -0.2) is 10.9 Å². The molecule has 17 heavy (non-hydrogen) atoms. The Kier molecular flexibility index (Phi) is 3.39. The van der Waals surface area contributed by atoms with E-state index >= 15 is 0 Å². The van der Waals surface area contributed by atoms with Crippen molar-refractivity contribution in [3.63, 3.8) is 0 Å². The zero-order chi connectivity index (χ0) is 12.3. The maximum Gasteiger partial charge on any atom is 0.248 e. The van der Waals surface area contributed by atoms with Crippen molar-refractivity contribution in [2.75, 3.05) is 0 Å². The molecular weight excluding hydrogens is 284 g/mol. The van der Waals surface area contributed by atoms with Gasteiger partial charge in [0.05, 0.1) is 4.47 Å². The predicted octanol–water partition coefficient (Wildman–Crippen LogP) is 2.74. The van der Waals surface area contributed by atoms with E-state index in [1.165, 1.54) is 0 Å². The topological polar surface area (TPSA) is 65.2 Å². The minimum absolute atomic E-state index is 0.398. The van der Waals surface area contributed by atoms with Crippen molar-refractivity contribution in [3.8, 4) is 11.6 Å². The maximum absolute atomic E-state index is 11.0. The van der Waals surface area contributed by atoms with Gasteiger partial charge < -0.3 is 10.5 Å². The maximum atomic E-state index is 11.0. The third-order valence-corrected chi connectivity index (χ3v) is 2.66. The molecule has 1 heterocycles. The number of hydrogen-bond acceptors (Lipinski definition) is 3. The number of pyridine rings is 1. The Labute approximate surface area is 107 Å². The molecule has 1 aromatic heterocycles. The lowest BCUT2D eigenvalue weighted by Gasteiger charge is -2.06. The van der Waals surface area contributed by atoms with Crippen LogP contribution in [0.25, 0.3) is 0 Å². The highest BCUT2D eigenvalue weighted by Crippen LogP contribution is 2.27. The van der Waals surface area contributed by atoms with E-state index in [9.17, 15) is 4.79 Å². The van der Waals surface area contributed by atoms with Crippen molar-refractivity contribution in [1.82, 2.24) is 4.98 Å². The molecule has 0 aliphatic carbocycles. The van der Waals surface area contributed by atoms with Gasteiger partial charge in [-0.15, -0.1) is 0 Å². The fourth-order valence-electron chi connectivity index (χ4n) is 1.27. The molecule has 0 aliphatic heterocycles. The van der Waals surface area contributed by atoms with Gasteiger partial charge in [-0.05, 0) is 46.3 Å². The molecule has 0 fully saturated rings. The van der Waals surface area contributed by atoms with Gasteiger partial charge in [0.1, 0.15) is 5.75 Å². The molecular formula is C12H9BrN2O2. The molecule has 5 heteroatoms. The van der Waals surface area contributed by atoms with Gasteiger partial charge in [-0.2, -0.15) is 0 Å². The summed E-state index contributed by atoms with van der Waals surface area (Å²) in [5, 5.41) is 0. The number of nitrogens with zero attached hydrogens (tertiary/aromatic N) is 1. The van der Waals surface area contributed by atoms with Crippen LogP contribution in [0, 0.1) is 0 Å². The number of primary amides is 1. The van der Waals surface area contributed by atoms with Crippen LogP contribution in [0.1, 0.15) is 10.4 Å². The Bertz CT molecular complexity index is 558. The second kappa shape index (κ2) is 4.97. The number of carbonyl (C=O) groups excluding carboxylic acids is 1. The van der Waals surface area contributed by atoms with Crippen molar-refractivity contribution in [1.29, 1.82) is 0 Å². The van der Waals surface area contributed by atoms with Crippen molar-refractivity contribution < 1.29 is 9.53 Å². The minimum Gasteiger partial charge on any atom is -0.438 e. The second-order valence-corrected chi connectivity index (χ2v) is 4.14. The highest BCUT2D eigenvalue weighted by atomic mass is 79.9. The summed E-state index contributed by atoms with van der Waals surface area (Å²) in [5.74, 6) is 0.463. The van der Waals surface area contributed by atoms with Gasteiger partial charge >= 0.3 is 0 Å². The minimum atomic E-state index is -0.490. The molecule has 2 N–H and O–H groups in total. The van der Waals surface area contributed by atoms with E-state index in [0.29, 0.717) is 17.2 Å². The summed E-state index contributed by atoms with van der Waals surface area (Å²) < 4.78 is 6.27. The van der Waals surface area contributed by atoms with E-state index in [0.717, 1.165) is 4.47 Å². The van der Waals surface area contributed by atoms with Gasteiger partial charge in [0.25, 0.3) is 0 Å². The number of ether oxygens (including phenoxy) is 1. The van der Waals surface area contributed by atoms with E-state index in [1.807, 2.05) is 6.07 Å². The zero-order valence-corrected chi connectivity index (χ0v) is 10.3. The Hall–Kier alpha value is -1.88. The number of hydrogen-bond donors (Lipinski definition) is 1. The molecule has 2 rings (SSSR count). The monoisotopic (exact) mass is 292 g/mol. The van der Waals surface area contributed by atoms with Crippen LogP contribution < -0.4 is 10.5 Å². The van der Waals surface area contributed by atoms with E-state index in [-0.39, 0.29) is 0 Å². The van der Waals surface area contributed by atoms with Crippen LogP contribution in [0.2, 0.25) is 0 Å². The summed E-state index contributed by atoms with van der Waals surface area (Å²) in [5.41, 5.74) is 5.58. The van der Waals surface area contributed by atoms with Crippen LogP contribution in [0.5, 0.6) is 11.6 Å². The van der Waals surface area contributed by atoms with Crippen molar-refractivity contribution in [2.45, 2.75) is 0 Å². The lowest BCUT2D eigenvalue weighted by atomic mass is 10.2. The molecule has 2 aromatic rings. The number of nitrogens with two attached hydrogens (primary N) is 1. The van der Waals surface area contributed by atoms with Crippen molar-refractivity contribution >= 4 is 21.8 Å². The summed E-state index contributed by atoms with van der Waals surface area (Å²) in [6.07, 6.45) is 1.62. The Balaban J connectivity index is 2.28. The first-order valence-corrected chi connectivity index (χ1v) is 5.64. The van der Waals surface area contributed by atoms with Gasteiger partial charge in [-0.1, -0.05) is 6.07 Å². The van der Waals surface area contributed by atoms with Gasteiger partial charge in [0.15, 0.2) is 0 Å². The summed E-state index contributed by atoms with van der Waals surface area (Å²) in [7, 11) is 0. The average Bonchev–Trinajstić information content (AvgIpc) is 2.32. The molecule has 0 unspecified atom stereocenters. The number of rotatable bonds is 3. The quantitative estimate of drug-likeness (QED) is 0.946. The summed E-state index contributed by atoms with van der Waals surface area (Å²) >= 11 is 3.32. The number of benzene rings is 1. The van der Waals surface area contributed by atoms with Crippen molar-refractivity contribution in [3.05, 3.63) is 52.6 Å². The van der Waals surface area contributed by atoms with E-state index < -0.39 is 5.91 Å².